The lowest BCUT2D eigenvalue weighted by molar-refractivity contribution is 0.102. The number of nitrogens with two attached hydrogens (primary N) is 1. The van der Waals surface area contributed by atoms with E-state index in [0.29, 0.717) is 6.42 Å². The first-order valence-electron chi connectivity index (χ1n) is 7.66. The Morgan fingerprint density at radius 2 is 1.88 bits per heavy atom. The van der Waals surface area contributed by atoms with Gasteiger partial charge in [0.05, 0.1) is 4.90 Å². The van der Waals surface area contributed by atoms with Crippen molar-refractivity contribution in [3.05, 3.63) is 50.7 Å². The Hall–Kier alpha value is -2.92. The largest absolute Gasteiger partial charge is 0.383 e. The van der Waals surface area contributed by atoms with Gasteiger partial charge in [-0.1, -0.05) is 13.3 Å². The Morgan fingerprint density at radius 3 is 2.42 bits per heavy atom. The van der Waals surface area contributed by atoms with Gasteiger partial charge in [-0.3, -0.25) is 23.7 Å². The lowest BCUT2D eigenvalue weighted by atomic mass is 10.2. The minimum atomic E-state index is -4.38. The van der Waals surface area contributed by atoms with Crippen molar-refractivity contribution in [1.29, 1.82) is 0 Å². The molecule has 1 amide bonds. The summed E-state index contributed by atoms with van der Waals surface area (Å²) in [7, 11) is -4.38. The predicted octanol–water partition coefficient (Wildman–Crippen LogP) is 0.418. The molecule has 0 atom stereocenters. The number of amides is 1. The standard InChI is InChI=1S/C15H18N4O6S/c1-2-3-8-19-14(21)11(12(16)18-15(19)22)17-13(20)9-4-6-10(7-5-9)26(23,24)25/h4-7H,2-3,8,16H2,1H3,(H,17,20)(H,18,22)(H,23,24,25). The minimum absolute atomic E-state index is 0.0301. The highest BCUT2D eigenvalue weighted by Gasteiger charge is 2.16. The van der Waals surface area contributed by atoms with E-state index in [2.05, 4.69) is 10.3 Å². The van der Waals surface area contributed by atoms with Crippen molar-refractivity contribution in [2.45, 2.75) is 31.2 Å². The van der Waals surface area contributed by atoms with Crippen LogP contribution in [0.5, 0.6) is 0 Å². The molecular weight excluding hydrogens is 364 g/mol. The second kappa shape index (κ2) is 7.54. The third-order valence-electron chi connectivity index (χ3n) is 3.60. The highest BCUT2D eigenvalue weighted by atomic mass is 32.2. The van der Waals surface area contributed by atoms with Crippen molar-refractivity contribution in [2.24, 2.45) is 0 Å². The smallest absolute Gasteiger partial charge is 0.330 e. The van der Waals surface area contributed by atoms with Gasteiger partial charge in [-0.25, -0.2) is 4.79 Å². The first-order chi connectivity index (χ1) is 12.1. The lowest BCUT2D eigenvalue weighted by Gasteiger charge is -2.11. The Kier molecular flexibility index (Phi) is 5.63. The molecule has 140 valence electrons. The molecule has 0 fully saturated rings. The van der Waals surface area contributed by atoms with Crippen LogP contribution in [0, 0.1) is 0 Å². The van der Waals surface area contributed by atoms with E-state index >= 15 is 0 Å². The molecule has 0 spiro atoms. The van der Waals surface area contributed by atoms with Crippen LogP contribution in [-0.2, 0) is 16.7 Å². The SMILES string of the molecule is CCCCn1c(=O)[nH]c(N)c(NC(=O)c2ccc(S(=O)(=O)O)cc2)c1=O. The Balaban J connectivity index is 2.34. The lowest BCUT2D eigenvalue weighted by Crippen LogP contribution is -2.38. The van der Waals surface area contributed by atoms with Crippen LogP contribution in [-0.4, -0.2) is 28.4 Å². The van der Waals surface area contributed by atoms with Crippen LogP contribution in [0.3, 0.4) is 0 Å². The number of hydrogen-bond acceptors (Lipinski definition) is 6. The Morgan fingerprint density at radius 1 is 1.27 bits per heavy atom. The fourth-order valence-corrected chi connectivity index (χ4v) is 2.67. The molecule has 2 aromatic rings. The number of anilines is 2. The third kappa shape index (κ3) is 4.18. The number of nitrogens with zero attached hydrogens (tertiary/aromatic N) is 1. The molecule has 0 aliphatic rings. The van der Waals surface area contributed by atoms with E-state index in [1.807, 2.05) is 6.92 Å². The molecule has 0 unspecified atom stereocenters. The van der Waals surface area contributed by atoms with Crippen molar-refractivity contribution in [1.82, 2.24) is 9.55 Å². The third-order valence-corrected chi connectivity index (χ3v) is 4.47. The van der Waals surface area contributed by atoms with Crippen LogP contribution < -0.4 is 22.3 Å². The summed E-state index contributed by atoms with van der Waals surface area (Å²) in [5, 5.41) is 2.32. The maximum atomic E-state index is 12.4. The van der Waals surface area contributed by atoms with Crippen LogP contribution in [0.4, 0.5) is 11.5 Å². The van der Waals surface area contributed by atoms with E-state index in [4.69, 9.17) is 10.3 Å². The molecule has 0 saturated heterocycles. The quantitative estimate of drug-likeness (QED) is 0.526. The summed E-state index contributed by atoms with van der Waals surface area (Å²) in [4.78, 5) is 38.4. The molecule has 1 heterocycles. The fourth-order valence-electron chi connectivity index (χ4n) is 2.19. The van der Waals surface area contributed by atoms with Crippen LogP contribution in [0.1, 0.15) is 30.1 Å². The van der Waals surface area contributed by atoms with Gasteiger partial charge in [0.25, 0.3) is 21.6 Å². The van der Waals surface area contributed by atoms with Gasteiger partial charge >= 0.3 is 5.69 Å². The van der Waals surface area contributed by atoms with Gasteiger partial charge in [0.2, 0.25) is 0 Å². The first-order valence-corrected chi connectivity index (χ1v) is 9.10. The molecule has 0 aliphatic heterocycles. The van der Waals surface area contributed by atoms with Crippen molar-refractivity contribution in [3.8, 4) is 0 Å². The number of rotatable bonds is 6. The highest BCUT2D eigenvalue weighted by molar-refractivity contribution is 7.85. The summed E-state index contributed by atoms with van der Waals surface area (Å²) in [6, 6.07) is 4.41. The Labute approximate surface area is 148 Å². The van der Waals surface area contributed by atoms with Gasteiger partial charge in [-0.15, -0.1) is 0 Å². The number of benzene rings is 1. The number of H-pyrrole nitrogens is 1. The summed E-state index contributed by atoms with van der Waals surface area (Å²) in [6.07, 6.45) is 1.36. The first kappa shape index (κ1) is 19.4. The summed E-state index contributed by atoms with van der Waals surface area (Å²) >= 11 is 0. The van der Waals surface area contributed by atoms with Gasteiger partial charge in [0, 0.05) is 12.1 Å². The number of hydrogen-bond donors (Lipinski definition) is 4. The molecule has 5 N–H and O–H groups in total. The molecule has 10 nitrogen and oxygen atoms in total. The molecule has 0 bridgehead atoms. The summed E-state index contributed by atoms with van der Waals surface area (Å²) in [6.45, 7) is 2.08. The van der Waals surface area contributed by atoms with Crippen molar-refractivity contribution < 1.29 is 17.8 Å². The molecular formula is C15H18N4O6S. The summed E-state index contributed by atoms with van der Waals surface area (Å²) in [5.74, 6) is -1.01. The Bertz CT molecular complexity index is 1040. The zero-order valence-electron chi connectivity index (χ0n) is 13.9. The van der Waals surface area contributed by atoms with E-state index in [0.717, 1.165) is 35.3 Å². The zero-order chi connectivity index (χ0) is 19.5. The van der Waals surface area contributed by atoms with Crippen LogP contribution in [0.25, 0.3) is 0 Å². The molecule has 1 aromatic heterocycles. The number of aromatic amines is 1. The molecule has 0 saturated carbocycles. The van der Waals surface area contributed by atoms with Crippen molar-refractivity contribution >= 4 is 27.5 Å². The average molecular weight is 382 g/mol. The average Bonchev–Trinajstić information content (AvgIpc) is 2.57. The number of nitrogens with one attached hydrogen (secondary N) is 2. The second-order valence-electron chi connectivity index (χ2n) is 5.48. The van der Waals surface area contributed by atoms with Crippen LogP contribution >= 0.6 is 0 Å². The molecule has 2 rings (SSSR count). The molecule has 0 radical (unpaired) electrons. The van der Waals surface area contributed by atoms with Gasteiger partial charge in [-0.2, -0.15) is 8.42 Å². The number of unbranched alkanes of at least 4 members (excludes halogenated alkanes) is 1. The van der Waals surface area contributed by atoms with Gasteiger partial charge in [0.15, 0.2) is 0 Å². The van der Waals surface area contributed by atoms with Gasteiger partial charge in [0.1, 0.15) is 11.5 Å². The van der Waals surface area contributed by atoms with Crippen LogP contribution in [0.15, 0.2) is 38.8 Å². The molecule has 26 heavy (non-hydrogen) atoms. The van der Waals surface area contributed by atoms with E-state index in [1.165, 1.54) is 0 Å². The van der Waals surface area contributed by atoms with E-state index in [-0.39, 0.29) is 28.5 Å². The van der Waals surface area contributed by atoms with E-state index < -0.39 is 27.3 Å². The van der Waals surface area contributed by atoms with Crippen LogP contribution in [0.2, 0.25) is 0 Å². The van der Waals surface area contributed by atoms with E-state index in [9.17, 15) is 22.8 Å². The summed E-state index contributed by atoms with van der Waals surface area (Å²) in [5.41, 5.74) is 3.98. The number of carbonyl (C=O) groups excluding carboxylic acids is 1. The zero-order valence-corrected chi connectivity index (χ0v) is 14.7. The maximum absolute atomic E-state index is 12.4. The molecule has 11 heteroatoms. The molecule has 0 aliphatic carbocycles. The topological polar surface area (TPSA) is 164 Å². The predicted molar refractivity (Wildman–Crippen MR) is 94.9 cm³/mol. The monoisotopic (exact) mass is 382 g/mol. The number of nitrogen functional groups attached to an aromatic ring is 1. The van der Waals surface area contributed by atoms with E-state index in [1.54, 1.807) is 0 Å². The van der Waals surface area contributed by atoms with Crippen molar-refractivity contribution in [3.63, 3.8) is 0 Å². The number of carbonyl (C=O) groups is 1. The number of aromatic nitrogens is 2. The molecule has 1 aromatic carbocycles. The van der Waals surface area contributed by atoms with Gasteiger partial charge < -0.3 is 11.1 Å². The maximum Gasteiger partial charge on any atom is 0.330 e. The second-order valence-corrected chi connectivity index (χ2v) is 6.90. The summed E-state index contributed by atoms with van der Waals surface area (Å²) < 4.78 is 31.9. The normalized spacial score (nSPS) is 11.3. The van der Waals surface area contributed by atoms with Crippen molar-refractivity contribution in [2.75, 3.05) is 11.1 Å². The highest BCUT2D eigenvalue weighted by Crippen LogP contribution is 2.13. The fraction of sp³-hybridized carbons (Fsp3) is 0.267. The van der Waals surface area contributed by atoms with Gasteiger partial charge in [-0.05, 0) is 30.7 Å². The minimum Gasteiger partial charge on any atom is -0.383 e.